The topological polar surface area (TPSA) is 9.23 Å². The SMILES string of the molecule is COc1ccc(F)c(-c2ccccc2Br)c1F. The monoisotopic (exact) mass is 298 g/mol. The molecule has 0 saturated carbocycles. The van der Waals surface area contributed by atoms with Crippen LogP contribution < -0.4 is 4.74 Å². The molecule has 2 rings (SSSR count). The zero-order valence-electron chi connectivity index (χ0n) is 9.01. The summed E-state index contributed by atoms with van der Waals surface area (Å²) in [5.74, 6) is -1.29. The Morgan fingerprint density at radius 3 is 2.41 bits per heavy atom. The van der Waals surface area contributed by atoms with Crippen LogP contribution in [-0.2, 0) is 0 Å². The third-order valence-electron chi connectivity index (χ3n) is 2.42. The van der Waals surface area contributed by atoms with Crippen LogP contribution in [0.5, 0.6) is 5.75 Å². The van der Waals surface area contributed by atoms with Crippen molar-refractivity contribution in [3.63, 3.8) is 0 Å². The molecule has 0 bridgehead atoms. The molecule has 0 aliphatic rings. The predicted octanol–water partition coefficient (Wildman–Crippen LogP) is 4.40. The lowest BCUT2D eigenvalue weighted by Crippen LogP contribution is -1.95. The minimum atomic E-state index is -0.695. The van der Waals surface area contributed by atoms with Gasteiger partial charge in [-0.15, -0.1) is 0 Å². The number of rotatable bonds is 2. The van der Waals surface area contributed by atoms with E-state index in [0.717, 1.165) is 0 Å². The van der Waals surface area contributed by atoms with Gasteiger partial charge in [0, 0.05) is 10.0 Å². The lowest BCUT2D eigenvalue weighted by molar-refractivity contribution is 0.385. The Bertz CT molecular complexity index is 555. The van der Waals surface area contributed by atoms with Gasteiger partial charge in [-0.05, 0) is 18.2 Å². The fourth-order valence-electron chi connectivity index (χ4n) is 1.60. The summed E-state index contributed by atoms with van der Waals surface area (Å²) in [6, 6.07) is 9.34. The first kappa shape index (κ1) is 12.0. The Morgan fingerprint density at radius 1 is 1.06 bits per heavy atom. The van der Waals surface area contributed by atoms with Gasteiger partial charge < -0.3 is 4.74 Å². The molecule has 0 spiro atoms. The average Bonchev–Trinajstić information content (AvgIpc) is 2.32. The van der Waals surface area contributed by atoms with Gasteiger partial charge in [-0.1, -0.05) is 34.1 Å². The molecule has 0 N–H and O–H groups in total. The molecule has 0 atom stereocenters. The first-order valence-corrected chi connectivity index (χ1v) is 5.71. The molecular weight excluding hydrogens is 290 g/mol. The van der Waals surface area contributed by atoms with Crippen molar-refractivity contribution in [3.8, 4) is 16.9 Å². The van der Waals surface area contributed by atoms with Crippen LogP contribution in [-0.4, -0.2) is 7.11 Å². The van der Waals surface area contributed by atoms with Gasteiger partial charge in [0.2, 0.25) is 0 Å². The molecule has 0 aromatic heterocycles. The highest BCUT2D eigenvalue weighted by Gasteiger charge is 2.17. The van der Waals surface area contributed by atoms with E-state index in [0.29, 0.717) is 10.0 Å². The maximum Gasteiger partial charge on any atom is 0.175 e. The number of benzene rings is 2. The number of halogens is 3. The molecule has 17 heavy (non-hydrogen) atoms. The van der Waals surface area contributed by atoms with Gasteiger partial charge in [-0.2, -0.15) is 0 Å². The zero-order valence-corrected chi connectivity index (χ0v) is 10.6. The average molecular weight is 299 g/mol. The van der Waals surface area contributed by atoms with Gasteiger partial charge in [0.15, 0.2) is 11.6 Å². The van der Waals surface area contributed by atoms with E-state index in [1.165, 1.54) is 19.2 Å². The molecule has 0 heterocycles. The van der Waals surface area contributed by atoms with E-state index < -0.39 is 11.6 Å². The summed E-state index contributed by atoms with van der Waals surface area (Å²) in [4.78, 5) is 0. The van der Waals surface area contributed by atoms with Crippen LogP contribution in [0.1, 0.15) is 0 Å². The van der Waals surface area contributed by atoms with Crippen molar-refractivity contribution in [3.05, 3.63) is 52.5 Å². The Hall–Kier alpha value is -1.42. The van der Waals surface area contributed by atoms with Crippen molar-refractivity contribution in [2.45, 2.75) is 0 Å². The van der Waals surface area contributed by atoms with Crippen molar-refractivity contribution < 1.29 is 13.5 Å². The second-order valence-corrected chi connectivity index (χ2v) is 4.27. The van der Waals surface area contributed by atoms with E-state index in [4.69, 9.17) is 4.74 Å². The molecule has 4 heteroatoms. The first-order valence-electron chi connectivity index (χ1n) is 4.92. The highest BCUT2D eigenvalue weighted by atomic mass is 79.9. The minimum Gasteiger partial charge on any atom is -0.494 e. The van der Waals surface area contributed by atoms with Crippen molar-refractivity contribution in [2.24, 2.45) is 0 Å². The molecule has 2 aromatic rings. The normalized spacial score (nSPS) is 10.4. The summed E-state index contributed by atoms with van der Waals surface area (Å²) >= 11 is 3.27. The van der Waals surface area contributed by atoms with Crippen LogP contribution in [0.2, 0.25) is 0 Å². The molecule has 88 valence electrons. The summed E-state index contributed by atoms with van der Waals surface area (Å²) in [5, 5.41) is 0. The summed E-state index contributed by atoms with van der Waals surface area (Å²) in [5.41, 5.74) is 0.373. The largest absolute Gasteiger partial charge is 0.494 e. The van der Waals surface area contributed by atoms with Crippen molar-refractivity contribution >= 4 is 15.9 Å². The number of methoxy groups -OCH3 is 1. The molecule has 0 aliphatic carbocycles. The van der Waals surface area contributed by atoms with Crippen molar-refractivity contribution in [2.75, 3.05) is 7.11 Å². The Labute approximate surface area is 106 Å². The predicted molar refractivity (Wildman–Crippen MR) is 66.0 cm³/mol. The molecule has 0 radical (unpaired) electrons. The minimum absolute atomic E-state index is 0.0251. The van der Waals surface area contributed by atoms with E-state index in [-0.39, 0.29) is 11.3 Å². The standard InChI is InChI=1S/C13H9BrF2O/c1-17-11-7-6-10(15)12(13(11)16)8-4-2-3-5-9(8)14/h2-7H,1H3. The van der Waals surface area contributed by atoms with Gasteiger partial charge >= 0.3 is 0 Å². The van der Waals surface area contributed by atoms with E-state index in [1.807, 2.05) is 0 Å². The molecule has 1 nitrogen and oxygen atoms in total. The maximum atomic E-state index is 14.0. The van der Waals surface area contributed by atoms with Crippen molar-refractivity contribution in [1.82, 2.24) is 0 Å². The second-order valence-electron chi connectivity index (χ2n) is 3.42. The molecule has 2 aromatic carbocycles. The van der Waals surface area contributed by atoms with Gasteiger partial charge in [0.05, 0.1) is 12.7 Å². The van der Waals surface area contributed by atoms with E-state index >= 15 is 0 Å². The van der Waals surface area contributed by atoms with Crippen LogP contribution in [0.3, 0.4) is 0 Å². The molecule has 0 aliphatic heterocycles. The summed E-state index contributed by atoms with van der Waals surface area (Å²) < 4.78 is 33.2. The molecule has 0 amide bonds. The summed E-state index contributed by atoms with van der Waals surface area (Å²) in [6.45, 7) is 0. The van der Waals surface area contributed by atoms with Crippen LogP contribution >= 0.6 is 15.9 Å². The quantitative estimate of drug-likeness (QED) is 0.798. The Kier molecular flexibility index (Phi) is 3.43. The first-order chi connectivity index (χ1) is 8.15. The maximum absolute atomic E-state index is 14.0. The molecule has 0 fully saturated rings. The number of hydrogen-bond donors (Lipinski definition) is 0. The van der Waals surface area contributed by atoms with Crippen LogP contribution in [0.25, 0.3) is 11.1 Å². The zero-order chi connectivity index (χ0) is 12.4. The number of hydrogen-bond acceptors (Lipinski definition) is 1. The summed E-state index contributed by atoms with van der Waals surface area (Å²) in [7, 11) is 1.35. The van der Waals surface area contributed by atoms with Crippen LogP contribution in [0, 0.1) is 11.6 Å². The molecular formula is C13H9BrF2O. The van der Waals surface area contributed by atoms with Gasteiger partial charge in [0.1, 0.15) is 5.82 Å². The summed E-state index contributed by atoms with van der Waals surface area (Å²) in [6.07, 6.45) is 0. The second kappa shape index (κ2) is 4.84. The third-order valence-corrected chi connectivity index (χ3v) is 3.11. The van der Waals surface area contributed by atoms with Crippen LogP contribution in [0.15, 0.2) is 40.9 Å². The highest BCUT2D eigenvalue weighted by Crippen LogP contribution is 2.35. The number of ether oxygens (including phenoxy) is 1. The molecule has 0 saturated heterocycles. The van der Waals surface area contributed by atoms with E-state index in [9.17, 15) is 8.78 Å². The fraction of sp³-hybridized carbons (Fsp3) is 0.0769. The van der Waals surface area contributed by atoms with Gasteiger partial charge in [-0.3, -0.25) is 0 Å². The lowest BCUT2D eigenvalue weighted by Gasteiger charge is -2.10. The Morgan fingerprint density at radius 2 is 1.76 bits per heavy atom. The molecule has 0 unspecified atom stereocenters. The van der Waals surface area contributed by atoms with E-state index in [1.54, 1.807) is 24.3 Å². The van der Waals surface area contributed by atoms with Crippen LogP contribution in [0.4, 0.5) is 8.78 Å². The van der Waals surface area contributed by atoms with Crippen molar-refractivity contribution in [1.29, 1.82) is 0 Å². The van der Waals surface area contributed by atoms with Gasteiger partial charge in [-0.25, -0.2) is 8.78 Å². The fourth-order valence-corrected chi connectivity index (χ4v) is 2.08. The van der Waals surface area contributed by atoms with Gasteiger partial charge in [0.25, 0.3) is 0 Å². The lowest BCUT2D eigenvalue weighted by atomic mass is 10.0. The highest BCUT2D eigenvalue weighted by molar-refractivity contribution is 9.10. The Balaban J connectivity index is 2.71. The van der Waals surface area contributed by atoms with E-state index in [2.05, 4.69) is 15.9 Å². The smallest absolute Gasteiger partial charge is 0.175 e. The third kappa shape index (κ3) is 2.17.